The number of guanidine groups is 1. The van der Waals surface area contributed by atoms with E-state index in [-0.39, 0.29) is 22.9 Å². The number of aliphatic imine (C=N–C) groups is 1. The number of carbonyl (C=O) groups is 1. The standard InChI is InChI=1S/C16H19BrN4O2.BrH/c1-18-16(21-11-14-3-2-10-23-14)20-9-8-19-15(22)12-4-6-13(17)7-5-12;/h2-7,10H,8-9,11H2,1H3,(H,19,22)(H2,18,20,21);1H. The van der Waals surface area contributed by atoms with Gasteiger partial charge in [0, 0.05) is 30.2 Å². The van der Waals surface area contributed by atoms with Gasteiger partial charge in [-0.05, 0) is 36.4 Å². The first kappa shape index (κ1) is 20.2. The maximum atomic E-state index is 11.9. The summed E-state index contributed by atoms with van der Waals surface area (Å²) >= 11 is 3.34. The summed E-state index contributed by atoms with van der Waals surface area (Å²) in [6.07, 6.45) is 1.63. The normalized spacial score (nSPS) is 10.7. The number of nitrogens with zero attached hydrogens (tertiary/aromatic N) is 1. The molecule has 0 aliphatic heterocycles. The van der Waals surface area contributed by atoms with Crippen molar-refractivity contribution in [3.8, 4) is 0 Å². The molecule has 0 aliphatic carbocycles. The fourth-order valence-electron chi connectivity index (χ4n) is 1.86. The average molecular weight is 460 g/mol. The highest BCUT2D eigenvalue weighted by atomic mass is 79.9. The van der Waals surface area contributed by atoms with Crippen LogP contribution in [0, 0.1) is 0 Å². The molecule has 0 spiro atoms. The van der Waals surface area contributed by atoms with Crippen LogP contribution in [0.5, 0.6) is 0 Å². The first-order chi connectivity index (χ1) is 11.2. The highest BCUT2D eigenvalue weighted by molar-refractivity contribution is 9.10. The molecule has 0 radical (unpaired) electrons. The fraction of sp³-hybridized carbons (Fsp3) is 0.250. The summed E-state index contributed by atoms with van der Waals surface area (Å²) in [5.41, 5.74) is 0.633. The summed E-state index contributed by atoms with van der Waals surface area (Å²) in [6, 6.07) is 11.0. The van der Waals surface area contributed by atoms with E-state index in [2.05, 4.69) is 36.9 Å². The highest BCUT2D eigenvalue weighted by Gasteiger charge is 2.04. The molecule has 2 rings (SSSR count). The van der Waals surface area contributed by atoms with E-state index in [1.54, 1.807) is 25.4 Å². The van der Waals surface area contributed by atoms with Crippen LogP contribution < -0.4 is 16.0 Å². The molecule has 8 heteroatoms. The minimum absolute atomic E-state index is 0. The van der Waals surface area contributed by atoms with Crippen molar-refractivity contribution in [1.82, 2.24) is 16.0 Å². The molecular weight excluding hydrogens is 440 g/mol. The monoisotopic (exact) mass is 458 g/mol. The zero-order valence-corrected chi connectivity index (χ0v) is 16.5. The molecule has 0 fully saturated rings. The molecule has 24 heavy (non-hydrogen) atoms. The minimum atomic E-state index is -0.0992. The largest absolute Gasteiger partial charge is 0.467 e. The predicted molar refractivity (Wildman–Crippen MR) is 104 cm³/mol. The Kier molecular flexibility index (Phi) is 9.18. The van der Waals surface area contributed by atoms with Crippen LogP contribution in [0.25, 0.3) is 0 Å². The SMILES string of the molecule is Br.CN=C(NCCNC(=O)c1ccc(Br)cc1)NCc1ccco1. The van der Waals surface area contributed by atoms with Crippen LogP contribution in [-0.4, -0.2) is 32.0 Å². The summed E-state index contributed by atoms with van der Waals surface area (Å²) < 4.78 is 6.18. The summed E-state index contributed by atoms with van der Waals surface area (Å²) in [7, 11) is 1.69. The van der Waals surface area contributed by atoms with Gasteiger partial charge in [-0.25, -0.2) is 0 Å². The van der Waals surface area contributed by atoms with Crippen molar-refractivity contribution in [2.75, 3.05) is 20.1 Å². The zero-order chi connectivity index (χ0) is 16.5. The van der Waals surface area contributed by atoms with Crippen LogP contribution in [0.4, 0.5) is 0 Å². The maximum absolute atomic E-state index is 11.9. The van der Waals surface area contributed by atoms with E-state index in [9.17, 15) is 4.79 Å². The molecule has 1 heterocycles. The molecular formula is C16H20Br2N4O2. The minimum Gasteiger partial charge on any atom is -0.467 e. The molecule has 0 aliphatic rings. The third-order valence-corrected chi connectivity index (χ3v) is 3.57. The molecule has 6 nitrogen and oxygen atoms in total. The van der Waals surface area contributed by atoms with Crippen molar-refractivity contribution in [3.05, 3.63) is 58.5 Å². The van der Waals surface area contributed by atoms with Crippen molar-refractivity contribution < 1.29 is 9.21 Å². The number of hydrogen-bond acceptors (Lipinski definition) is 3. The van der Waals surface area contributed by atoms with E-state index >= 15 is 0 Å². The highest BCUT2D eigenvalue weighted by Crippen LogP contribution is 2.10. The van der Waals surface area contributed by atoms with Crippen molar-refractivity contribution in [3.63, 3.8) is 0 Å². The number of halogens is 2. The van der Waals surface area contributed by atoms with Gasteiger partial charge in [-0.3, -0.25) is 9.79 Å². The fourth-order valence-corrected chi connectivity index (χ4v) is 2.13. The quantitative estimate of drug-likeness (QED) is 0.352. The van der Waals surface area contributed by atoms with Gasteiger partial charge in [-0.15, -0.1) is 17.0 Å². The number of benzene rings is 1. The second kappa shape index (κ2) is 10.9. The van der Waals surface area contributed by atoms with Gasteiger partial charge in [0.1, 0.15) is 5.76 Å². The van der Waals surface area contributed by atoms with Crippen molar-refractivity contribution >= 4 is 44.8 Å². The third kappa shape index (κ3) is 6.76. The number of nitrogens with one attached hydrogen (secondary N) is 3. The first-order valence-corrected chi connectivity index (χ1v) is 7.99. The second-order valence-electron chi connectivity index (χ2n) is 4.69. The third-order valence-electron chi connectivity index (χ3n) is 3.04. The molecule has 1 amide bonds. The van der Waals surface area contributed by atoms with E-state index in [4.69, 9.17) is 4.42 Å². The molecule has 0 saturated heterocycles. The Labute approximate surface area is 160 Å². The number of carbonyl (C=O) groups excluding carboxylic acids is 1. The topological polar surface area (TPSA) is 78.7 Å². The summed E-state index contributed by atoms with van der Waals surface area (Å²) in [6.45, 7) is 1.62. The number of amides is 1. The lowest BCUT2D eigenvalue weighted by Crippen LogP contribution is -2.41. The van der Waals surface area contributed by atoms with Crippen LogP contribution >= 0.6 is 32.9 Å². The van der Waals surface area contributed by atoms with Gasteiger partial charge in [0.25, 0.3) is 5.91 Å². The summed E-state index contributed by atoms with van der Waals surface area (Å²) in [5.74, 6) is 1.38. The Hall–Kier alpha value is -1.80. The van der Waals surface area contributed by atoms with Crippen molar-refractivity contribution in [2.45, 2.75) is 6.54 Å². The Morgan fingerprint density at radius 2 is 1.83 bits per heavy atom. The zero-order valence-electron chi connectivity index (χ0n) is 13.2. The Bertz CT molecular complexity index is 643. The molecule has 0 bridgehead atoms. The van der Waals surface area contributed by atoms with Gasteiger partial charge in [-0.2, -0.15) is 0 Å². The number of furan rings is 1. The van der Waals surface area contributed by atoms with E-state index in [0.29, 0.717) is 31.2 Å². The van der Waals surface area contributed by atoms with Gasteiger partial charge in [-0.1, -0.05) is 15.9 Å². The van der Waals surface area contributed by atoms with Crippen LogP contribution in [-0.2, 0) is 6.54 Å². The van der Waals surface area contributed by atoms with E-state index < -0.39 is 0 Å². The van der Waals surface area contributed by atoms with Crippen LogP contribution in [0.1, 0.15) is 16.1 Å². The number of hydrogen-bond donors (Lipinski definition) is 3. The van der Waals surface area contributed by atoms with Gasteiger partial charge in [0.15, 0.2) is 5.96 Å². The van der Waals surface area contributed by atoms with Gasteiger partial charge < -0.3 is 20.4 Å². The first-order valence-electron chi connectivity index (χ1n) is 7.19. The van der Waals surface area contributed by atoms with E-state index in [0.717, 1.165) is 10.2 Å². The summed E-state index contributed by atoms with van der Waals surface area (Å²) in [5, 5.41) is 9.10. The lowest BCUT2D eigenvalue weighted by atomic mass is 10.2. The second-order valence-corrected chi connectivity index (χ2v) is 5.61. The molecule has 2 aromatic rings. The lowest BCUT2D eigenvalue weighted by Gasteiger charge is -2.11. The summed E-state index contributed by atoms with van der Waals surface area (Å²) in [4.78, 5) is 16.0. The molecule has 0 saturated carbocycles. The predicted octanol–water partition coefficient (Wildman–Crippen LogP) is 2.72. The molecule has 0 atom stereocenters. The van der Waals surface area contributed by atoms with Crippen LogP contribution in [0.2, 0.25) is 0 Å². The molecule has 1 aromatic carbocycles. The Morgan fingerprint density at radius 1 is 1.12 bits per heavy atom. The number of rotatable bonds is 6. The van der Waals surface area contributed by atoms with Crippen molar-refractivity contribution in [1.29, 1.82) is 0 Å². The van der Waals surface area contributed by atoms with Crippen molar-refractivity contribution in [2.24, 2.45) is 4.99 Å². The van der Waals surface area contributed by atoms with Gasteiger partial charge in [0.2, 0.25) is 0 Å². The average Bonchev–Trinajstić information content (AvgIpc) is 3.08. The maximum Gasteiger partial charge on any atom is 0.251 e. The Morgan fingerprint density at radius 3 is 2.46 bits per heavy atom. The van der Waals surface area contributed by atoms with Gasteiger partial charge in [0.05, 0.1) is 12.8 Å². The van der Waals surface area contributed by atoms with E-state index in [1.165, 1.54) is 0 Å². The lowest BCUT2D eigenvalue weighted by molar-refractivity contribution is 0.0954. The smallest absolute Gasteiger partial charge is 0.251 e. The molecule has 130 valence electrons. The van der Waals surface area contributed by atoms with Gasteiger partial charge >= 0.3 is 0 Å². The van der Waals surface area contributed by atoms with Crippen LogP contribution in [0.3, 0.4) is 0 Å². The van der Waals surface area contributed by atoms with Crippen LogP contribution in [0.15, 0.2) is 56.5 Å². The Balaban J connectivity index is 0.00000288. The molecule has 3 N–H and O–H groups in total. The van der Waals surface area contributed by atoms with E-state index in [1.807, 2.05) is 24.3 Å². The molecule has 1 aromatic heterocycles. The molecule has 0 unspecified atom stereocenters.